The van der Waals surface area contributed by atoms with Crippen molar-refractivity contribution in [2.75, 3.05) is 51.9 Å². The van der Waals surface area contributed by atoms with Gasteiger partial charge in [-0.05, 0) is 30.7 Å². The summed E-state index contributed by atoms with van der Waals surface area (Å²) in [6, 6.07) is 16.1. The fourth-order valence-corrected chi connectivity index (χ4v) is 3.36. The van der Waals surface area contributed by atoms with E-state index in [1.54, 1.807) is 14.2 Å². The Morgan fingerprint density at radius 3 is 2.63 bits per heavy atom. The Labute approximate surface area is 179 Å². The van der Waals surface area contributed by atoms with Crippen molar-refractivity contribution in [1.29, 1.82) is 0 Å². The normalized spacial score (nSPS) is 15.4. The van der Waals surface area contributed by atoms with Crippen LogP contribution in [0.3, 0.4) is 0 Å². The number of nitrogens with zero attached hydrogens (tertiary/aromatic N) is 2. The van der Waals surface area contributed by atoms with E-state index >= 15 is 0 Å². The Hall–Kier alpha value is -2.93. The summed E-state index contributed by atoms with van der Waals surface area (Å²) in [7, 11) is 3.42. The second kappa shape index (κ2) is 11.3. The van der Waals surface area contributed by atoms with Crippen LogP contribution in [-0.4, -0.2) is 59.1 Å². The van der Waals surface area contributed by atoms with E-state index in [1.165, 1.54) is 11.3 Å². The van der Waals surface area contributed by atoms with Gasteiger partial charge >= 0.3 is 0 Å². The third-order valence-electron chi connectivity index (χ3n) is 4.95. The largest absolute Gasteiger partial charge is 0.497 e. The molecule has 1 aliphatic heterocycles. The summed E-state index contributed by atoms with van der Waals surface area (Å²) in [5, 5.41) is 6.74. The SMILES string of the molecule is CN=C(NCc1ccccc1N1CCOCC1)NCC(C)Oc1cccc(OC)c1. The Balaban J connectivity index is 1.50. The van der Waals surface area contributed by atoms with E-state index in [0.29, 0.717) is 13.1 Å². The molecule has 1 saturated heterocycles. The highest BCUT2D eigenvalue weighted by molar-refractivity contribution is 5.79. The number of anilines is 1. The molecule has 1 atom stereocenters. The molecular formula is C23H32N4O3. The van der Waals surface area contributed by atoms with Gasteiger partial charge in [0.05, 0.1) is 26.9 Å². The summed E-state index contributed by atoms with van der Waals surface area (Å²) in [6.45, 7) is 6.73. The Bertz CT molecular complexity index is 822. The van der Waals surface area contributed by atoms with Crippen molar-refractivity contribution >= 4 is 11.6 Å². The molecular weight excluding hydrogens is 380 g/mol. The third kappa shape index (κ3) is 6.29. The third-order valence-corrected chi connectivity index (χ3v) is 4.95. The minimum Gasteiger partial charge on any atom is -0.497 e. The van der Waals surface area contributed by atoms with Gasteiger partial charge in [0.1, 0.15) is 17.6 Å². The van der Waals surface area contributed by atoms with E-state index in [0.717, 1.165) is 43.8 Å². The highest BCUT2D eigenvalue weighted by atomic mass is 16.5. The molecule has 0 aromatic heterocycles. The highest BCUT2D eigenvalue weighted by Crippen LogP contribution is 2.21. The van der Waals surface area contributed by atoms with E-state index in [9.17, 15) is 0 Å². The predicted octanol–water partition coefficient (Wildman–Crippen LogP) is 2.66. The zero-order valence-corrected chi connectivity index (χ0v) is 18.1. The van der Waals surface area contributed by atoms with Gasteiger partial charge in [0.15, 0.2) is 5.96 Å². The molecule has 1 unspecified atom stereocenters. The number of benzene rings is 2. The minimum atomic E-state index is -0.0312. The minimum absolute atomic E-state index is 0.0312. The summed E-state index contributed by atoms with van der Waals surface area (Å²) in [5.74, 6) is 2.31. The monoisotopic (exact) mass is 412 g/mol. The Morgan fingerprint density at radius 2 is 1.87 bits per heavy atom. The summed E-state index contributed by atoms with van der Waals surface area (Å²) < 4.78 is 16.7. The summed E-state index contributed by atoms with van der Waals surface area (Å²) in [5.41, 5.74) is 2.49. The number of ether oxygens (including phenoxy) is 3. The number of aliphatic imine (C=N–C) groups is 1. The molecule has 2 aromatic rings. The van der Waals surface area contributed by atoms with Gasteiger partial charge in [0.2, 0.25) is 0 Å². The second-order valence-corrected chi connectivity index (χ2v) is 7.14. The number of morpholine rings is 1. The van der Waals surface area contributed by atoms with Gasteiger partial charge in [-0.25, -0.2) is 0 Å². The molecule has 0 aliphatic carbocycles. The standard InChI is InChI=1S/C23H32N4O3/c1-18(30-21-9-6-8-20(15-21)28-3)16-25-23(24-2)26-17-19-7-4-5-10-22(19)27-11-13-29-14-12-27/h4-10,15,18H,11-14,16-17H2,1-3H3,(H2,24,25,26). The first kappa shape index (κ1) is 21.8. The van der Waals surface area contributed by atoms with Crippen molar-refractivity contribution in [3.8, 4) is 11.5 Å². The maximum Gasteiger partial charge on any atom is 0.191 e. The second-order valence-electron chi connectivity index (χ2n) is 7.14. The van der Waals surface area contributed by atoms with Crippen LogP contribution in [0.1, 0.15) is 12.5 Å². The quantitative estimate of drug-likeness (QED) is 0.513. The molecule has 30 heavy (non-hydrogen) atoms. The van der Waals surface area contributed by atoms with Crippen molar-refractivity contribution in [3.05, 3.63) is 54.1 Å². The van der Waals surface area contributed by atoms with Gasteiger partial charge in [-0.1, -0.05) is 24.3 Å². The maximum absolute atomic E-state index is 5.97. The smallest absolute Gasteiger partial charge is 0.191 e. The lowest BCUT2D eigenvalue weighted by atomic mass is 10.1. The van der Waals surface area contributed by atoms with Crippen LogP contribution in [0.15, 0.2) is 53.5 Å². The number of hydrogen-bond donors (Lipinski definition) is 2. The molecule has 7 heteroatoms. The Kier molecular flexibility index (Phi) is 8.20. The topological polar surface area (TPSA) is 67.4 Å². The fourth-order valence-electron chi connectivity index (χ4n) is 3.36. The molecule has 162 valence electrons. The van der Waals surface area contributed by atoms with Crippen molar-refractivity contribution < 1.29 is 14.2 Å². The van der Waals surface area contributed by atoms with Crippen LogP contribution < -0.4 is 25.0 Å². The van der Waals surface area contributed by atoms with Crippen LogP contribution in [-0.2, 0) is 11.3 Å². The zero-order valence-electron chi connectivity index (χ0n) is 18.1. The van der Waals surface area contributed by atoms with Crippen LogP contribution >= 0.6 is 0 Å². The molecule has 1 fully saturated rings. The van der Waals surface area contributed by atoms with Gasteiger partial charge in [0, 0.05) is 38.4 Å². The van der Waals surface area contributed by atoms with Crippen molar-refractivity contribution in [2.24, 2.45) is 4.99 Å². The van der Waals surface area contributed by atoms with Gasteiger partial charge in [-0.3, -0.25) is 4.99 Å². The van der Waals surface area contributed by atoms with E-state index in [-0.39, 0.29) is 6.10 Å². The summed E-state index contributed by atoms with van der Waals surface area (Å²) in [4.78, 5) is 6.71. The van der Waals surface area contributed by atoms with E-state index in [2.05, 4.69) is 44.8 Å². The van der Waals surface area contributed by atoms with Gasteiger partial charge in [-0.2, -0.15) is 0 Å². The molecule has 1 aliphatic rings. The van der Waals surface area contributed by atoms with Crippen molar-refractivity contribution in [2.45, 2.75) is 19.6 Å². The lowest BCUT2D eigenvalue weighted by molar-refractivity contribution is 0.122. The molecule has 0 amide bonds. The molecule has 0 spiro atoms. The first-order valence-electron chi connectivity index (χ1n) is 10.4. The van der Waals surface area contributed by atoms with Crippen LogP contribution in [0.2, 0.25) is 0 Å². The lowest BCUT2D eigenvalue weighted by Crippen LogP contribution is -2.42. The number of rotatable bonds is 8. The molecule has 0 radical (unpaired) electrons. The van der Waals surface area contributed by atoms with Gasteiger partial charge in [0.25, 0.3) is 0 Å². The number of guanidine groups is 1. The lowest BCUT2D eigenvalue weighted by Gasteiger charge is -2.30. The van der Waals surface area contributed by atoms with Crippen LogP contribution in [0.25, 0.3) is 0 Å². The number of hydrogen-bond acceptors (Lipinski definition) is 5. The molecule has 7 nitrogen and oxygen atoms in total. The predicted molar refractivity (Wildman–Crippen MR) is 121 cm³/mol. The maximum atomic E-state index is 5.97. The molecule has 2 aromatic carbocycles. The molecule has 0 bridgehead atoms. The number of para-hydroxylation sites is 1. The molecule has 1 heterocycles. The average molecular weight is 413 g/mol. The van der Waals surface area contributed by atoms with Crippen LogP contribution in [0, 0.1) is 0 Å². The van der Waals surface area contributed by atoms with Crippen molar-refractivity contribution in [3.63, 3.8) is 0 Å². The number of methoxy groups -OCH3 is 1. The van der Waals surface area contributed by atoms with Crippen LogP contribution in [0.5, 0.6) is 11.5 Å². The first-order chi connectivity index (χ1) is 14.7. The van der Waals surface area contributed by atoms with Gasteiger partial charge in [-0.15, -0.1) is 0 Å². The highest BCUT2D eigenvalue weighted by Gasteiger charge is 2.14. The summed E-state index contributed by atoms with van der Waals surface area (Å²) in [6.07, 6.45) is -0.0312. The molecule has 0 saturated carbocycles. The van der Waals surface area contributed by atoms with E-state index in [4.69, 9.17) is 14.2 Å². The molecule has 2 N–H and O–H groups in total. The Morgan fingerprint density at radius 1 is 1.10 bits per heavy atom. The van der Waals surface area contributed by atoms with Gasteiger partial charge < -0.3 is 29.7 Å². The van der Waals surface area contributed by atoms with Crippen molar-refractivity contribution in [1.82, 2.24) is 10.6 Å². The zero-order chi connectivity index (χ0) is 21.2. The van der Waals surface area contributed by atoms with E-state index < -0.39 is 0 Å². The van der Waals surface area contributed by atoms with Crippen LogP contribution in [0.4, 0.5) is 5.69 Å². The first-order valence-corrected chi connectivity index (χ1v) is 10.4. The number of nitrogens with one attached hydrogen (secondary N) is 2. The van der Waals surface area contributed by atoms with E-state index in [1.807, 2.05) is 31.2 Å². The molecule has 3 rings (SSSR count). The fraction of sp³-hybridized carbons (Fsp3) is 0.435. The summed E-state index contributed by atoms with van der Waals surface area (Å²) >= 11 is 0. The average Bonchev–Trinajstić information content (AvgIpc) is 2.80.